The standard InChI is InChI=1S/C21H25N3O6S2/c1-12-8-9-16(15(10-12)18(25)14-6-4-5-7-14)23-20(27)24-21-22-11-17(31-21)32(28,29)13(2)19(26)30-3/h8-11,13-14H,4-7H2,1-3H3,(H2,22,23,24,27). The number of anilines is 2. The minimum absolute atomic E-state index is 0.0147. The number of benzene rings is 1. The first-order chi connectivity index (χ1) is 15.1. The summed E-state index contributed by atoms with van der Waals surface area (Å²) >= 11 is 0.723. The number of nitrogens with one attached hydrogen (secondary N) is 2. The molecule has 3 rings (SSSR count). The average molecular weight is 480 g/mol. The molecule has 1 fully saturated rings. The Morgan fingerprint density at radius 2 is 1.88 bits per heavy atom. The number of esters is 1. The summed E-state index contributed by atoms with van der Waals surface area (Å²) < 4.78 is 29.3. The van der Waals surface area contributed by atoms with Gasteiger partial charge in [-0.1, -0.05) is 35.8 Å². The fourth-order valence-corrected chi connectivity index (χ4v) is 6.12. The third-order valence-electron chi connectivity index (χ3n) is 5.40. The molecule has 2 amide bonds. The van der Waals surface area contributed by atoms with Crippen LogP contribution in [0.3, 0.4) is 0 Å². The van der Waals surface area contributed by atoms with Crippen LogP contribution in [0.1, 0.15) is 48.5 Å². The lowest BCUT2D eigenvalue weighted by Gasteiger charge is -2.14. The number of aryl methyl sites for hydroxylation is 1. The molecule has 0 saturated heterocycles. The minimum atomic E-state index is -3.99. The molecular formula is C21H25N3O6S2. The Kier molecular flexibility index (Phi) is 7.29. The van der Waals surface area contributed by atoms with Crippen LogP contribution in [-0.2, 0) is 19.4 Å². The van der Waals surface area contributed by atoms with E-state index in [1.807, 2.05) is 6.92 Å². The van der Waals surface area contributed by atoms with Gasteiger partial charge in [-0.05, 0) is 38.8 Å². The Morgan fingerprint density at radius 1 is 1.19 bits per heavy atom. The van der Waals surface area contributed by atoms with Crippen LogP contribution in [-0.4, -0.2) is 43.5 Å². The first kappa shape index (κ1) is 23.9. The second-order valence-corrected chi connectivity index (χ2v) is 11.2. The van der Waals surface area contributed by atoms with Crippen molar-refractivity contribution in [3.05, 3.63) is 35.5 Å². The van der Waals surface area contributed by atoms with Gasteiger partial charge in [0.25, 0.3) is 0 Å². The lowest BCUT2D eigenvalue weighted by Crippen LogP contribution is -2.27. The molecule has 1 aliphatic carbocycles. The fourth-order valence-electron chi connectivity index (χ4n) is 3.55. The molecule has 11 heteroatoms. The predicted molar refractivity (Wildman–Crippen MR) is 121 cm³/mol. The zero-order chi connectivity index (χ0) is 23.5. The van der Waals surface area contributed by atoms with Gasteiger partial charge in [-0.2, -0.15) is 0 Å². The average Bonchev–Trinajstić information content (AvgIpc) is 3.46. The van der Waals surface area contributed by atoms with E-state index >= 15 is 0 Å². The number of urea groups is 1. The molecule has 1 atom stereocenters. The van der Waals surface area contributed by atoms with Crippen LogP contribution in [0, 0.1) is 12.8 Å². The van der Waals surface area contributed by atoms with Crippen LogP contribution in [0.15, 0.2) is 28.6 Å². The van der Waals surface area contributed by atoms with Crippen molar-refractivity contribution in [2.75, 3.05) is 17.7 Å². The van der Waals surface area contributed by atoms with E-state index in [1.165, 1.54) is 6.92 Å². The highest BCUT2D eigenvalue weighted by molar-refractivity contribution is 7.94. The number of ether oxygens (including phenoxy) is 1. The Labute approximate surface area is 190 Å². The van der Waals surface area contributed by atoms with E-state index in [9.17, 15) is 22.8 Å². The smallest absolute Gasteiger partial charge is 0.325 e. The van der Waals surface area contributed by atoms with Gasteiger partial charge >= 0.3 is 12.0 Å². The molecule has 0 spiro atoms. The number of carbonyl (C=O) groups excluding carboxylic acids is 3. The van der Waals surface area contributed by atoms with E-state index < -0.39 is 27.1 Å². The molecule has 9 nitrogen and oxygen atoms in total. The molecule has 1 aliphatic rings. The van der Waals surface area contributed by atoms with Gasteiger partial charge in [0.2, 0.25) is 9.84 Å². The highest BCUT2D eigenvalue weighted by Crippen LogP contribution is 2.31. The minimum Gasteiger partial charge on any atom is -0.468 e. The molecule has 1 heterocycles. The number of amides is 2. The summed E-state index contributed by atoms with van der Waals surface area (Å²) in [5, 5.41) is 3.78. The number of ketones is 1. The van der Waals surface area contributed by atoms with E-state index in [4.69, 9.17) is 0 Å². The van der Waals surface area contributed by atoms with Crippen LogP contribution in [0.2, 0.25) is 0 Å². The van der Waals surface area contributed by atoms with E-state index in [2.05, 4.69) is 20.4 Å². The van der Waals surface area contributed by atoms with Crippen molar-refractivity contribution in [2.45, 2.75) is 49.0 Å². The van der Waals surface area contributed by atoms with Gasteiger partial charge < -0.3 is 10.1 Å². The van der Waals surface area contributed by atoms with E-state index in [-0.39, 0.29) is 21.0 Å². The molecule has 32 heavy (non-hydrogen) atoms. The van der Waals surface area contributed by atoms with Gasteiger partial charge in [0.05, 0.1) is 19.0 Å². The zero-order valence-corrected chi connectivity index (χ0v) is 19.6. The van der Waals surface area contributed by atoms with Gasteiger partial charge in [-0.25, -0.2) is 18.2 Å². The highest BCUT2D eigenvalue weighted by Gasteiger charge is 2.32. The van der Waals surface area contributed by atoms with Crippen LogP contribution in [0.25, 0.3) is 0 Å². The summed E-state index contributed by atoms with van der Waals surface area (Å²) in [6.45, 7) is 3.10. The highest BCUT2D eigenvalue weighted by atomic mass is 32.2. The number of sulfone groups is 1. The van der Waals surface area contributed by atoms with Crippen molar-refractivity contribution >= 4 is 49.8 Å². The van der Waals surface area contributed by atoms with Crippen LogP contribution < -0.4 is 10.6 Å². The molecule has 0 aliphatic heterocycles. The fraction of sp³-hybridized carbons (Fsp3) is 0.429. The van der Waals surface area contributed by atoms with Gasteiger partial charge in [0, 0.05) is 11.5 Å². The number of nitrogens with zero attached hydrogens (tertiary/aromatic N) is 1. The Balaban J connectivity index is 1.73. The van der Waals surface area contributed by atoms with Crippen molar-refractivity contribution in [1.82, 2.24) is 4.98 Å². The normalized spacial score (nSPS) is 15.2. The van der Waals surface area contributed by atoms with Gasteiger partial charge in [-0.3, -0.25) is 14.9 Å². The third kappa shape index (κ3) is 5.16. The number of thiazole rings is 1. The molecule has 0 bridgehead atoms. The van der Waals surface area contributed by atoms with Crippen molar-refractivity contribution in [2.24, 2.45) is 5.92 Å². The quantitative estimate of drug-likeness (QED) is 0.456. The summed E-state index contributed by atoms with van der Waals surface area (Å²) in [4.78, 5) is 41.0. The molecule has 1 unspecified atom stereocenters. The number of hydrogen-bond acceptors (Lipinski definition) is 8. The van der Waals surface area contributed by atoms with E-state index in [0.717, 1.165) is 55.9 Å². The third-order valence-corrected chi connectivity index (χ3v) is 8.84. The summed E-state index contributed by atoms with van der Waals surface area (Å²) in [6, 6.07) is 4.57. The maximum absolute atomic E-state index is 12.9. The SMILES string of the molecule is COC(=O)C(C)S(=O)(=O)c1cnc(NC(=O)Nc2ccc(C)cc2C(=O)C2CCCC2)s1. The largest absolute Gasteiger partial charge is 0.468 e. The zero-order valence-electron chi connectivity index (χ0n) is 18.0. The molecule has 0 radical (unpaired) electrons. The summed E-state index contributed by atoms with van der Waals surface area (Å²) in [5.74, 6) is -0.908. The molecule has 1 saturated carbocycles. The lowest BCUT2D eigenvalue weighted by molar-refractivity contribution is -0.139. The number of aromatic nitrogens is 1. The molecule has 172 valence electrons. The molecule has 1 aromatic heterocycles. The number of methoxy groups -OCH3 is 1. The summed E-state index contributed by atoms with van der Waals surface area (Å²) in [6.07, 6.45) is 4.82. The maximum atomic E-state index is 12.9. The number of rotatable bonds is 7. The molecule has 2 N–H and O–H groups in total. The van der Waals surface area contributed by atoms with E-state index in [1.54, 1.807) is 18.2 Å². The Morgan fingerprint density at radius 3 is 2.53 bits per heavy atom. The Hall–Kier alpha value is -2.79. The van der Waals surface area contributed by atoms with E-state index in [0.29, 0.717) is 11.3 Å². The molecular weight excluding hydrogens is 454 g/mol. The first-order valence-electron chi connectivity index (χ1n) is 10.1. The second-order valence-electron chi connectivity index (χ2n) is 7.67. The van der Waals surface area contributed by atoms with Crippen molar-refractivity contribution in [1.29, 1.82) is 0 Å². The van der Waals surface area contributed by atoms with Crippen molar-refractivity contribution in [3.63, 3.8) is 0 Å². The van der Waals surface area contributed by atoms with Gasteiger partial charge in [0.1, 0.15) is 4.21 Å². The number of Topliss-reactive ketones (excluding diaryl/α,β-unsaturated/α-hetero) is 1. The van der Waals surface area contributed by atoms with Crippen molar-refractivity contribution < 1.29 is 27.5 Å². The van der Waals surface area contributed by atoms with Gasteiger partial charge in [0.15, 0.2) is 16.2 Å². The first-order valence-corrected chi connectivity index (χ1v) is 12.5. The van der Waals surface area contributed by atoms with Crippen molar-refractivity contribution in [3.8, 4) is 0 Å². The van der Waals surface area contributed by atoms with Crippen LogP contribution in [0.4, 0.5) is 15.6 Å². The number of carbonyl (C=O) groups is 3. The monoisotopic (exact) mass is 479 g/mol. The topological polar surface area (TPSA) is 132 Å². The molecule has 2 aromatic rings. The van der Waals surface area contributed by atoms with Gasteiger partial charge in [-0.15, -0.1) is 0 Å². The Bertz CT molecular complexity index is 1140. The van der Waals surface area contributed by atoms with Crippen LogP contribution >= 0.6 is 11.3 Å². The predicted octanol–water partition coefficient (Wildman–Crippen LogP) is 3.80. The van der Waals surface area contributed by atoms with Crippen LogP contribution in [0.5, 0.6) is 0 Å². The lowest BCUT2D eigenvalue weighted by atomic mass is 9.94. The maximum Gasteiger partial charge on any atom is 0.325 e. The molecule has 1 aromatic carbocycles. The second kappa shape index (κ2) is 9.78. The summed E-state index contributed by atoms with van der Waals surface area (Å²) in [5.41, 5.74) is 1.75. The number of hydrogen-bond donors (Lipinski definition) is 2. The summed E-state index contributed by atoms with van der Waals surface area (Å²) in [7, 11) is -2.88.